The fraction of sp³-hybridized carbons (Fsp3) is 0.188. The van der Waals surface area contributed by atoms with Crippen molar-refractivity contribution < 1.29 is 4.74 Å². The highest BCUT2D eigenvalue weighted by atomic mass is 35.5. The van der Waals surface area contributed by atoms with Crippen LogP contribution in [-0.2, 0) is 5.88 Å². The van der Waals surface area contributed by atoms with Crippen LogP contribution in [0.25, 0.3) is 16.7 Å². The number of hydrogen-bond acceptors (Lipinski definition) is 2. The molecule has 0 aliphatic heterocycles. The smallest absolute Gasteiger partial charge is 0.142 e. The van der Waals surface area contributed by atoms with Gasteiger partial charge in [0, 0.05) is 0 Å². The van der Waals surface area contributed by atoms with Crippen LogP contribution in [0.2, 0.25) is 5.02 Å². The lowest BCUT2D eigenvalue weighted by Gasteiger charge is -2.13. The number of aromatic nitrogens is 2. The van der Waals surface area contributed by atoms with Crippen molar-refractivity contribution in [2.75, 3.05) is 7.11 Å². The number of benzene rings is 2. The van der Waals surface area contributed by atoms with Crippen LogP contribution in [0.1, 0.15) is 11.4 Å². The minimum atomic E-state index is 0.294. The predicted octanol–water partition coefficient (Wildman–Crippen LogP) is 4.73. The number of halogens is 2. The van der Waals surface area contributed by atoms with Crippen molar-refractivity contribution in [1.82, 2.24) is 9.55 Å². The van der Waals surface area contributed by atoms with Gasteiger partial charge in [0.25, 0.3) is 0 Å². The summed E-state index contributed by atoms with van der Waals surface area (Å²) in [5.74, 6) is 1.80. The normalized spacial score (nSPS) is 11.0. The van der Waals surface area contributed by atoms with E-state index in [9.17, 15) is 0 Å². The highest BCUT2D eigenvalue weighted by molar-refractivity contribution is 6.35. The Hall–Kier alpha value is -1.71. The SMILES string of the molecule is COc1ccc(C)cc1-n1c(CCl)nc2c(Cl)cccc21. The second kappa shape index (κ2) is 5.58. The van der Waals surface area contributed by atoms with Crippen LogP contribution in [0.15, 0.2) is 36.4 Å². The Morgan fingerprint density at radius 2 is 2.05 bits per heavy atom. The van der Waals surface area contributed by atoms with Gasteiger partial charge in [0.15, 0.2) is 0 Å². The second-order valence-electron chi connectivity index (χ2n) is 4.78. The van der Waals surface area contributed by atoms with Crippen molar-refractivity contribution in [1.29, 1.82) is 0 Å². The maximum absolute atomic E-state index is 6.24. The van der Waals surface area contributed by atoms with Gasteiger partial charge in [-0.3, -0.25) is 4.57 Å². The summed E-state index contributed by atoms with van der Waals surface area (Å²) in [4.78, 5) is 4.56. The highest BCUT2D eigenvalue weighted by Gasteiger charge is 2.16. The van der Waals surface area contributed by atoms with Gasteiger partial charge >= 0.3 is 0 Å². The number of methoxy groups -OCH3 is 1. The number of alkyl halides is 1. The molecule has 0 saturated heterocycles. The summed E-state index contributed by atoms with van der Waals surface area (Å²) in [5, 5.41) is 0.615. The average molecular weight is 321 g/mol. The maximum Gasteiger partial charge on any atom is 0.142 e. The van der Waals surface area contributed by atoms with Crippen molar-refractivity contribution >= 4 is 34.2 Å². The summed E-state index contributed by atoms with van der Waals surface area (Å²) in [5.41, 5.74) is 3.72. The Morgan fingerprint density at radius 3 is 2.76 bits per heavy atom. The van der Waals surface area contributed by atoms with Crippen molar-refractivity contribution in [3.05, 3.63) is 52.8 Å². The van der Waals surface area contributed by atoms with E-state index in [0.717, 1.165) is 33.9 Å². The molecule has 0 amide bonds. The van der Waals surface area contributed by atoms with Gasteiger partial charge in [-0.25, -0.2) is 4.98 Å². The van der Waals surface area contributed by atoms with E-state index in [2.05, 4.69) is 11.1 Å². The number of aryl methyl sites for hydroxylation is 1. The van der Waals surface area contributed by atoms with Crippen LogP contribution in [-0.4, -0.2) is 16.7 Å². The van der Waals surface area contributed by atoms with E-state index >= 15 is 0 Å². The first-order valence-corrected chi connectivity index (χ1v) is 7.43. The molecule has 0 N–H and O–H groups in total. The van der Waals surface area contributed by atoms with Crippen LogP contribution in [0.3, 0.4) is 0 Å². The summed E-state index contributed by atoms with van der Waals surface area (Å²) >= 11 is 12.3. The van der Waals surface area contributed by atoms with Gasteiger partial charge in [0.05, 0.1) is 29.2 Å². The summed E-state index contributed by atoms with van der Waals surface area (Å²) in [6, 6.07) is 11.7. The van der Waals surface area contributed by atoms with Crippen LogP contribution in [0, 0.1) is 6.92 Å². The molecule has 0 saturated carbocycles. The number of nitrogens with zero attached hydrogens (tertiary/aromatic N) is 2. The van der Waals surface area contributed by atoms with E-state index in [1.165, 1.54) is 0 Å². The van der Waals surface area contributed by atoms with E-state index in [0.29, 0.717) is 10.9 Å². The molecule has 0 unspecified atom stereocenters. The molecule has 3 rings (SSSR count). The average Bonchev–Trinajstić information content (AvgIpc) is 2.87. The molecule has 3 nitrogen and oxygen atoms in total. The lowest BCUT2D eigenvalue weighted by molar-refractivity contribution is 0.413. The van der Waals surface area contributed by atoms with Gasteiger partial charge in [-0.2, -0.15) is 0 Å². The largest absolute Gasteiger partial charge is 0.495 e. The van der Waals surface area contributed by atoms with E-state index in [1.807, 2.05) is 41.8 Å². The number of hydrogen-bond donors (Lipinski definition) is 0. The fourth-order valence-electron chi connectivity index (χ4n) is 2.45. The molecule has 1 heterocycles. The van der Waals surface area contributed by atoms with Crippen LogP contribution in [0.5, 0.6) is 5.75 Å². The zero-order valence-electron chi connectivity index (χ0n) is 11.7. The number of ether oxygens (including phenoxy) is 1. The third kappa shape index (κ3) is 2.37. The molecular weight excluding hydrogens is 307 g/mol. The predicted molar refractivity (Wildman–Crippen MR) is 86.9 cm³/mol. The Morgan fingerprint density at radius 1 is 1.24 bits per heavy atom. The molecule has 0 spiro atoms. The quantitative estimate of drug-likeness (QED) is 0.652. The molecule has 0 bridgehead atoms. The molecule has 0 fully saturated rings. The molecule has 2 aromatic carbocycles. The van der Waals surface area contributed by atoms with Gasteiger partial charge in [-0.15, -0.1) is 11.6 Å². The van der Waals surface area contributed by atoms with Crippen LogP contribution in [0.4, 0.5) is 0 Å². The lowest BCUT2D eigenvalue weighted by Crippen LogP contribution is -2.02. The van der Waals surface area contributed by atoms with Crippen molar-refractivity contribution in [3.8, 4) is 11.4 Å². The molecule has 5 heteroatoms. The van der Waals surface area contributed by atoms with E-state index in [4.69, 9.17) is 27.9 Å². The molecule has 21 heavy (non-hydrogen) atoms. The number of rotatable bonds is 3. The zero-order chi connectivity index (χ0) is 15.0. The Bertz CT molecular complexity index is 811. The molecule has 0 radical (unpaired) electrons. The Labute approximate surface area is 133 Å². The molecule has 3 aromatic rings. The number of fused-ring (bicyclic) bond motifs is 1. The highest BCUT2D eigenvalue weighted by Crippen LogP contribution is 2.32. The number of imidazole rings is 1. The molecule has 108 valence electrons. The van der Waals surface area contributed by atoms with E-state index in [1.54, 1.807) is 7.11 Å². The summed E-state index contributed by atoms with van der Waals surface area (Å²) < 4.78 is 7.48. The van der Waals surface area contributed by atoms with E-state index < -0.39 is 0 Å². The van der Waals surface area contributed by atoms with Gasteiger partial charge in [-0.05, 0) is 36.8 Å². The van der Waals surface area contributed by atoms with Crippen molar-refractivity contribution in [3.63, 3.8) is 0 Å². The first-order valence-electron chi connectivity index (χ1n) is 6.52. The Balaban J connectivity index is 2.39. The molecular formula is C16H14Cl2N2O. The topological polar surface area (TPSA) is 27.1 Å². The standard InChI is InChI=1S/C16H14Cl2N2O/c1-10-6-7-14(21-2)13(8-10)20-12-5-3-4-11(18)16(12)19-15(20)9-17/h3-8H,9H2,1-2H3. The summed E-state index contributed by atoms with van der Waals surface area (Å²) in [7, 11) is 1.65. The molecule has 0 atom stereocenters. The third-order valence-electron chi connectivity index (χ3n) is 3.40. The zero-order valence-corrected chi connectivity index (χ0v) is 13.2. The molecule has 0 aliphatic carbocycles. The van der Waals surface area contributed by atoms with E-state index in [-0.39, 0.29) is 0 Å². The second-order valence-corrected chi connectivity index (χ2v) is 5.45. The monoisotopic (exact) mass is 320 g/mol. The van der Waals surface area contributed by atoms with Gasteiger partial charge in [0.2, 0.25) is 0 Å². The Kier molecular flexibility index (Phi) is 3.79. The fourth-order valence-corrected chi connectivity index (χ4v) is 2.84. The molecule has 1 aromatic heterocycles. The van der Waals surface area contributed by atoms with Crippen molar-refractivity contribution in [2.24, 2.45) is 0 Å². The molecule has 0 aliphatic rings. The number of para-hydroxylation sites is 1. The summed E-state index contributed by atoms with van der Waals surface area (Å²) in [6.45, 7) is 2.04. The van der Waals surface area contributed by atoms with Crippen LogP contribution < -0.4 is 4.74 Å². The lowest BCUT2D eigenvalue weighted by atomic mass is 10.2. The minimum absolute atomic E-state index is 0.294. The van der Waals surface area contributed by atoms with Gasteiger partial charge in [-0.1, -0.05) is 23.7 Å². The third-order valence-corrected chi connectivity index (χ3v) is 3.94. The van der Waals surface area contributed by atoms with Crippen LogP contribution >= 0.6 is 23.2 Å². The first-order chi connectivity index (χ1) is 10.2. The van der Waals surface area contributed by atoms with Gasteiger partial charge in [0.1, 0.15) is 17.1 Å². The minimum Gasteiger partial charge on any atom is -0.495 e. The first kappa shape index (κ1) is 14.2. The van der Waals surface area contributed by atoms with Gasteiger partial charge < -0.3 is 4.74 Å². The maximum atomic E-state index is 6.24. The summed E-state index contributed by atoms with van der Waals surface area (Å²) in [6.07, 6.45) is 0. The van der Waals surface area contributed by atoms with Crippen molar-refractivity contribution in [2.45, 2.75) is 12.8 Å².